The van der Waals surface area contributed by atoms with Crippen molar-refractivity contribution in [2.24, 2.45) is 4.99 Å². The van der Waals surface area contributed by atoms with Gasteiger partial charge in [0.05, 0.1) is 25.3 Å². The molecule has 2 aliphatic heterocycles. The summed E-state index contributed by atoms with van der Waals surface area (Å²) >= 11 is 6.94. The summed E-state index contributed by atoms with van der Waals surface area (Å²) in [6, 6.07) is 5.90. The van der Waals surface area contributed by atoms with E-state index < -0.39 is 0 Å². The average Bonchev–Trinajstić information content (AvgIpc) is 3.41. The maximum Gasteiger partial charge on any atom is 0.337 e. The zero-order valence-electron chi connectivity index (χ0n) is 18.0. The molecule has 172 valence electrons. The lowest BCUT2D eigenvalue weighted by Crippen LogP contribution is -2.42. The molecule has 1 aromatic carbocycles. The molecule has 1 unspecified atom stereocenters. The number of benzene rings is 1. The number of aliphatic imine (C=N–C) groups is 1. The Balaban J connectivity index is 0.000000305. The number of ether oxygens (including phenoxy) is 1. The molecule has 0 amide bonds. The van der Waals surface area contributed by atoms with Crippen molar-refractivity contribution in [3.63, 3.8) is 0 Å². The quantitative estimate of drug-likeness (QED) is 0.483. The zero-order chi connectivity index (χ0) is 23.1. The number of carbonyl (C=O) groups excluding carboxylic acids is 1. The van der Waals surface area contributed by atoms with Crippen LogP contribution in [-0.2, 0) is 14.4 Å². The maximum absolute atomic E-state index is 12.4. The van der Waals surface area contributed by atoms with Crippen molar-refractivity contribution in [2.75, 3.05) is 20.2 Å². The second-order valence-corrected chi connectivity index (χ2v) is 8.59. The number of aromatic nitrogens is 1. The number of rotatable bonds is 6. The summed E-state index contributed by atoms with van der Waals surface area (Å²) in [5, 5.41) is 3.20. The second kappa shape index (κ2) is 11.5. The molecule has 0 saturated carbocycles. The van der Waals surface area contributed by atoms with Gasteiger partial charge in [-0.05, 0) is 32.0 Å². The van der Waals surface area contributed by atoms with Crippen LogP contribution in [0.5, 0.6) is 0 Å². The first kappa shape index (κ1) is 24.3. The van der Waals surface area contributed by atoms with Gasteiger partial charge in [-0.1, -0.05) is 17.7 Å². The van der Waals surface area contributed by atoms with Gasteiger partial charge in [-0.25, -0.2) is 19.6 Å². The number of amidine groups is 1. The van der Waals surface area contributed by atoms with Gasteiger partial charge in [0.25, 0.3) is 0 Å². The van der Waals surface area contributed by atoms with Crippen LogP contribution in [0.4, 0.5) is 4.39 Å². The van der Waals surface area contributed by atoms with Gasteiger partial charge < -0.3 is 9.64 Å². The summed E-state index contributed by atoms with van der Waals surface area (Å²) in [7, 11) is 1.54. The highest BCUT2D eigenvalue weighted by Gasteiger charge is 2.37. The summed E-state index contributed by atoms with van der Waals surface area (Å²) in [4.78, 5) is 28.3. The lowest BCUT2D eigenvalue weighted by molar-refractivity contribution is -0.142. The SMILES string of the molecule is CONNC1CC2=C(C(=O)OC(C)C)CN=C(c3nccs3)N2C1.Fc1cccc(Cl)c1. The maximum atomic E-state index is 12.4. The van der Waals surface area contributed by atoms with Crippen LogP contribution in [0.15, 0.2) is 52.1 Å². The normalized spacial score (nSPS) is 17.6. The van der Waals surface area contributed by atoms with Gasteiger partial charge in [0.2, 0.25) is 0 Å². The number of nitrogens with zero attached hydrogens (tertiary/aromatic N) is 3. The molecular weight excluding hydrogens is 457 g/mol. The molecule has 3 heterocycles. The van der Waals surface area contributed by atoms with Crippen molar-refractivity contribution in [1.29, 1.82) is 0 Å². The number of nitrogens with one attached hydrogen (secondary N) is 2. The number of hydrogen-bond donors (Lipinski definition) is 2. The van der Waals surface area contributed by atoms with Crippen molar-refractivity contribution >= 4 is 34.7 Å². The van der Waals surface area contributed by atoms with Crippen LogP contribution < -0.4 is 11.0 Å². The van der Waals surface area contributed by atoms with Gasteiger partial charge in [-0.2, -0.15) is 0 Å². The molecule has 0 bridgehead atoms. The molecule has 11 heteroatoms. The highest BCUT2D eigenvalue weighted by atomic mass is 35.5. The van der Waals surface area contributed by atoms with Crippen LogP contribution in [0, 0.1) is 5.82 Å². The molecule has 4 rings (SSSR count). The third kappa shape index (κ3) is 6.33. The van der Waals surface area contributed by atoms with Gasteiger partial charge in [0.15, 0.2) is 10.8 Å². The minimum Gasteiger partial charge on any atom is -0.460 e. The molecule has 0 spiro atoms. The minimum atomic E-state index is -0.299. The fourth-order valence-electron chi connectivity index (χ4n) is 3.25. The standard InChI is InChI=1S/C15H21N5O3S.C6H4ClF/c1-9(2)23-15(21)11-7-17-13(14-16-4-5-24-14)20-8-10(6-12(11)20)18-19-22-3;7-5-2-1-3-6(8)4-5/h4-5,9-10,18-19H,6-8H2,1-3H3;1-4H. The van der Waals surface area contributed by atoms with Gasteiger partial charge in [-0.15, -0.1) is 16.9 Å². The first-order valence-corrected chi connectivity index (χ1v) is 11.2. The summed E-state index contributed by atoms with van der Waals surface area (Å²) in [6.07, 6.45) is 2.28. The molecule has 0 aliphatic carbocycles. The van der Waals surface area contributed by atoms with Gasteiger partial charge in [0.1, 0.15) is 5.82 Å². The third-order valence-corrected chi connectivity index (χ3v) is 5.53. The van der Waals surface area contributed by atoms with Crippen molar-refractivity contribution in [3.05, 3.63) is 63.0 Å². The fourth-order valence-corrected chi connectivity index (χ4v) is 4.08. The van der Waals surface area contributed by atoms with E-state index in [1.165, 1.54) is 23.5 Å². The zero-order valence-corrected chi connectivity index (χ0v) is 19.5. The number of fused-ring (bicyclic) bond motifs is 1. The molecule has 32 heavy (non-hydrogen) atoms. The lowest BCUT2D eigenvalue weighted by Gasteiger charge is -2.27. The van der Waals surface area contributed by atoms with Gasteiger partial charge >= 0.3 is 5.97 Å². The van der Waals surface area contributed by atoms with Gasteiger partial charge in [-0.3, -0.25) is 9.83 Å². The number of hydrazine groups is 1. The Morgan fingerprint density at radius 1 is 1.41 bits per heavy atom. The van der Waals surface area contributed by atoms with E-state index in [2.05, 4.69) is 21.0 Å². The van der Waals surface area contributed by atoms with Crippen molar-refractivity contribution < 1.29 is 18.8 Å². The van der Waals surface area contributed by atoms with Crippen molar-refractivity contribution in [1.82, 2.24) is 20.9 Å². The second-order valence-electron chi connectivity index (χ2n) is 7.26. The van der Waals surface area contributed by atoms with Crippen LogP contribution in [0.2, 0.25) is 5.02 Å². The highest BCUT2D eigenvalue weighted by molar-refractivity contribution is 7.11. The molecule has 1 fully saturated rings. The van der Waals surface area contributed by atoms with E-state index in [9.17, 15) is 9.18 Å². The van der Waals surface area contributed by atoms with Crippen molar-refractivity contribution in [2.45, 2.75) is 32.4 Å². The van der Waals surface area contributed by atoms with E-state index in [1.54, 1.807) is 25.4 Å². The van der Waals surface area contributed by atoms with E-state index >= 15 is 0 Å². The van der Waals surface area contributed by atoms with E-state index in [0.717, 1.165) is 16.5 Å². The molecular formula is C21H25ClFN5O3S. The topological polar surface area (TPSA) is 88.1 Å². The van der Waals surface area contributed by atoms with Crippen LogP contribution in [-0.4, -0.2) is 54.0 Å². The average molecular weight is 482 g/mol. The summed E-state index contributed by atoms with van der Waals surface area (Å²) in [6.45, 7) is 4.67. The predicted molar refractivity (Wildman–Crippen MR) is 122 cm³/mol. The minimum absolute atomic E-state index is 0.0880. The first-order valence-electron chi connectivity index (χ1n) is 9.98. The third-order valence-electron chi connectivity index (χ3n) is 4.52. The first-order chi connectivity index (χ1) is 15.4. The molecule has 8 nitrogen and oxygen atoms in total. The molecule has 2 N–H and O–H groups in total. The number of thiazole rings is 1. The lowest BCUT2D eigenvalue weighted by atomic mass is 10.1. The Kier molecular flexibility index (Phi) is 8.71. The Morgan fingerprint density at radius 3 is 2.81 bits per heavy atom. The molecule has 2 aliphatic rings. The molecule has 2 aromatic rings. The van der Waals surface area contributed by atoms with Crippen LogP contribution in [0.3, 0.4) is 0 Å². The molecule has 0 radical (unpaired) electrons. The summed E-state index contributed by atoms with van der Waals surface area (Å²) < 4.78 is 17.5. The fraction of sp³-hybridized carbons (Fsp3) is 0.381. The van der Waals surface area contributed by atoms with Crippen LogP contribution >= 0.6 is 22.9 Å². The van der Waals surface area contributed by atoms with Gasteiger partial charge in [0, 0.05) is 41.3 Å². The predicted octanol–water partition coefficient (Wildman–Crippen LogP) is 3.32. The Labute approximate surface area is 195 Å². The van der Waals surface area contributed by atoms with E-state index in [1.807, 2.05) is 24.1 Å². The van der Waals surface area contributed by atoms with Crippen LogP contribution in [0.1, 0.15) is 25.3 Å². The largest absolute Gasteiger partial charge is 0.460 e. The number of halogens is 2. The Bertz CT molecular complexity index is 966. The van der Waals surface area contributed by atoms with E-state index in [-0.39, 0.29) is 23.9 Å². The monoisotopic (exact) mass is 481 g/mol. The molecule has 1 aromatic heterocycles. The number of carbonyl (C=O) groups is 1. The Hall–Kier alpha value is -2.37. The number of esters is 1. The Morgan fingerprint density at radius 2 is 2.22 bits per heavy atom. The summed E-state index contributed by atoms with van der Waals surface area (Å²) in [5.41, 5.74) is 7.30. The van der Waals surface area contributed by atoms with Crippen molar-refractivity contribution in [3.8, 4) is 0 Å². The van der Waals surface area contributed by atoms with Crippen LogP contribution in [0.25, 0.3) is 0 Å². The summed E-state index contributed by atoms with van der Waals surface area (Å²) in [5.74, 6) is 0.215. The highest BCUT2D eigenvalue weighted by Crippen LogP contribution is 2.31. The number of hydrogen-bond acceptors (Lipinski definition) is 9. The molecule has 1 atom stereocenters. The molecule has 1 saturated heterocycles. The van der Waals surface area contributed by atoms with E-state index in [0.29, 0.717) is 30.1 Å². The smallest absolute Gasteiger partial charge is 0.337 e. The van der Waals surface area contributed by atoms with E-state index in [4.69, 9.17) is 21.2 Å².